The number of nitrogens with one attached hydrogen (secondary N) is 1. The molecule has 0 aliphatic carbocycles. The van der Waals surface area contributed by atoms with Crippen LogP contribution in [-0.2, 0) is 15.4 Å². The summed E-state index contributed by atoms with van der Waals surface area (Å²) in [5, 5.41) is 13.1. The lowest BCUT2D eigenvalue weighted by Crippen LogP contribution is -2.34. The van der Waals surface area contributed by atoms with E-state index >= 15 is 0 Å². The molecule has 1 aliphatic heterocycles. The number of benzene rings is 1. The van der Waals surface area contributed by atoms with E-state index in [2.05, 4.69) is 5.32 Å². The fourth-order valence-corrected chi connectivity index (χ4v) is 3.61. The topological polar surface area (TPSA) is 66.4 Å². The van der Waals surface area contributed by atoms with Gasteiger partial charge in [-0.2, -0.15) is 0 Å². The molecule has 1 aromatic rings. The maximum atomic E-state index is 11.8. The van der Waals surface area contributed by atoms with Gasteiger partial charge >= 0.3 is 0 Å². The molecule has 0 bridgehead atoms. The Kier molecular flexibility index (Phi) is 2.91. The third-order valence-corrected chi connectivity index (χ3v) is 4.50. The highest BCUT2D eigenvalue weighted by Crippen LogP contribution is 2.38. The van der Waals surface area contributed by atoms with Gasteiger partial charge in [-0.05, 0) is 37.9 Å². The number of hydrogen-bond acceptors (Lipinski definition) is 4. The van der Waals surface area contributed by atoms with Gasteiger partial charge in [-0.15, -0.1) is 0 Å². The summed E-state index contributed by atoms with van der Waals surface area (Å²) in [6.45, 7) is 2.85. The van der Waals surface area contributed by atoms with Gasteiger partial charge in [-0.1, -0.05) is 12.1 Å². The zero-order valence-corrected chi connectivity index (χ0v) is 10.8. The Balaban J connectivity index is 2.66. The van der Waals surface area contributed by atoms with Gasteiger partial charge in [0.15, 0.2) is 9.84 Å². The average Bonchev–Trinajstić information content (AvgIpc) is 2.64. The molecule has 0 radical (unpaired) electrons. The van der Waals surface area contributed by atoms with E-state index in [1.54, 1.807) is 12.1 Å². The molecule has 1 heterocycles. The smallest absolute Gasteiger partial charge is 0.179 e. The van der Waals surface area contributed by atoms with Gasteiger partial charge in [0.25, 0.3) is 0 Å². The Morgan fingerprint density at radius 3 is 2.65 bits per heavy atom. The van der Waals surface area contributed by atoms with Crippen molar-refractivity contribution in [1.29, 1.82) is 0 Å². The van der Waals surface area contributed by atoms with E-state index in [4.69, 9.17) is 0 Å². The average molecular weight is 255 g/mol. The Hall–Kier alpha value is -1.07. The number of phenolic OH excluding ortho intramolecular Hbond substituents is 1. The molecular formula is C12H17NO3S. The van der Waals surface area contributed by atoms with Crippen LogP contribution in [0.25, 0.3) is 0 Å². The van der Waals surface area contributed by atoms with Crippen LogP contribution in [0.15, 0.2) is 23.1 Å². The largest absolute Gasteiger partial charge is 0.507 e. The van der Waals surface area contributed by atoms with Crippen molar-refractivity contribution in [1.82, 2.24) is 5.32 Å². The van der Waals surface area contributed by atoms with Gasteiger partial charge in [0, 0.05) is 11.8 Å². The number of phenols is 1. The Labute approximate surface area is 102 Å². The third kappa shape index (κ3) is 2.17. The lowest BCUT2D eigenvalue weighted by atomic mass is 9.90. The minimum atomic E-state index is -3.43. The zero-order chi connectivity index (χ0) is 12.7. The van der Waals surface area contributed by atoms with Crippen molar-refractivity contribution in [3.63, 3.8) is 0 Å². The van der Waals surface area contributed by atoms with Gasteiger partial charge < -0.3 is 10.4 Å². The van der Waals surface area contributed by atoms with E-state index in [0.29, 0.717) is 5.56 Å². The van der Waals surface area contributed by atoms with E-state index in [1.807, 2.05) is 6.92 Å². The van der Waals surface area contributed by atoms with E-state index in [1.165, 1.54) is 6.07 Å². The summed E-state index contributed by atoms with van der Waals surface area (Å²) in [5.41, 5.74) is 0.300. The van der Waals surface area contributed by atoms with Crippen LogP contribution < -0.4 is 5.32 Å². The van der Waals surface area contributed by atoms with Crippen LogP contribution in [0.5, 0.6) is 5.75 Å². The summed E-state index contributed by atoms with van der Waals surface area (Å²) < 4.78 is 23.6. The van der Waals surface area contributed by atoms with Gasteiger partial charge in [-0.3, -0.25) is 0 Å². The van der Waals surface area contributed by atoms with Crippen molar-refractivity contribution < 1.29 is 13.5 Å². The summed E-state index contributed by atoms with van der Waals surface area (Å²) in [7, 11) is -3.43. The number of aromatic hydroxyl groups is 1. The predicted octanol–water partition coefficient (Wildman–Crippen LogP) is 1.39. The van der Waals surface area contributed by atoms with Crippen LogP contribution in [0.1, 0.15) is 25.3 Å². The summed E-state index contributed by atoms with van der Waals surface area (Å²) in [5.74, 6) is -0.167. The highest BCUT2D eigenvalue weighted by Gasteiger charge is 2.35. The van der Waals surface area contributed by atoms with Crippen molar-refractivity contribution in [2.45, 2.75) is 30.2 Å². The zero-order valence-electron chi connectivity index (χ0n) is 10.0. The molecule has 1 atom stereocenters. The van der Waals surface area contributed by atoms with Gasteiger partial charge in [0.2, 0.25) is 0 Å². The second-order valence-electron chi connectivity index (χ2n) is 4.79. The molecule has 0 saturated carbocycles. The van der Waals surface area contributed by atoms with E-state index < -0.39 is 9.84 Å². The van der Waals surface area contributed by atoms with Gasteiger partial charge in [0.05, 0.1) is 0 Å². The van der Waals surface area contributed by atoms with Crippen LogP contribution in [0.3, 0.4) is 0 Å². The number of rotatable bonds is 2. The van der Waals surface area contributed by atoms with Crippen molar-refractivity contribution in [2.75, 3.05) is 12.8 Å². The van der Waals surface area contributed by atoms with E-state index in [9.17, 15) is 13.5 Å². The molecule has 17 heavy (non-hydrogen) atoms. The molecule has 5 heteroatoms. The standard InChI is InChI=1S/C12H17NO3S/c1-12(7-4-8-13-12)9-5-3-6-10(14)11(9)17(2,15)16/h3,5-6,13-14H,4,7-8H2,1-2H3. The van der Waals surface area contributed by atoms with Crippen molar-refractivity contribution in [2.24, 2.45) is 0 Å². The molecular weight excluding hydrogens is 238 g/mol. The predicted molar refractivity (Wildman–Crippen MR) is 65.8 cm³/mol. The molecule has 0 aromatic heterocycles. The summed E-state index contributed by atoms with van der Waals surface area (Å²) in [6.07, 6.45) is 3.01. The highest BCUT2D eigenvalue weighted by molar-refractivity contribution is 7.90. The SMILES string of the molecule is CC1(c2cccc(O)c2S(C)(=O)=O)CCCN1. The Morgan fingerprint density at radius 1 is 1.41 bits per heavy atom. The normalized spacial score (nSPS) is 25.1. The molecule has 2 N–H and O–H groups in total. The molecule has 0 amide bonds. The Morgan fingerprint density at radius 2 is 2.12 bits per heavy atom. The van der Waals surface area contributed by atoms with E-state index in [0.717, 1.165) is 25.6 Å². The fourth-order valence-electron chi connectivity index (χ4n) is 2.47. The molecule has 1 aromatic carbocycles. The number of hydrogen-bond donors (Lipinski definition) is 2. The molecule has 1 unspecified atom stereocenters. The summed E-state index contributed by atoms with van der Waals surface area (Å²) in [4.78, 5) is 0.0527. The van der Waals surface area contributed by atoms with Crippen LogP contribution >= 0.6 is 0 Å². The molecule has 1 saturated heterocycles. The first kappa shape index (κ1) is 12.4. The van der Waals surface area contributed by atoms with Crippen LogP contribution in [0.2, 0.25) is 0 Å². The minimum absolute atomic E-state index is 0.0527. The maximum Gasteiger partial charge on any atom is 0.179 e. The Bertz CT molecular complexity index is 531. The summed E-state index contributed by atoms with van der Waals surface area (Å²) in [6, 6.07) is 4.87. The van der Waals surface area contributed by atoms with Gasteiger partial charge in [0.1, 0.15) is 10.6 Å². The molecule has 4 nitrogen and oxygen atoms in total. The second kappa shape index (κ2) is 3.99. The van der Waals surface area contributed by atoms with Gasteiger partial charge in [-0.25, -0.2) is 8.42 Å². The third-order valence-electron chi connectivity index (χ3n) is 3.33. The lowest BCUT2D eigenvalue weighted by molar-refractivity contribution is 0.408. The first-order valence-electron chi connectivity index (χ1n) is 5.62. The van der Waals surface area contributed by atoms with Crippen molar-refractivity contribution in [3.05, 3.63) is 23.8 Å². The molecule has 94 valence electrons. The molecule has 0 spiro atoms. The highest BCUT2D eigenvalue weighted by atomic mass is 32.2. The van der Waals surface area contributed by atoms with E-state index in [-0.39, 0.29) is 16.2 Å². The molecule has 2 rings (SSSR count). The van der Waals surface area contributed by atoms with Crippen LogP contribution in [0, 0.1) is 0 Å². The van der Waals surface area contributed by atoms with Crippen molar-refractivity contribution >= 4 is 9.84 Å². The minimum Gasteiger partial charge on any atom is -0.507 e. The quantitative estimate of drug-likeness (QED) is 0.838. The lowest BCUT2D eigenvalue weighted by Gasteiger charge is -2.27. The number of sulfone groups is 1. The molecule has 1 aliphatic rings. The first-order valence-corrected chi connectivity index (χ1v) is 7.51. The first-order chi connectivity index (χ1) is 7.84. The van der Waals surface area contributed by atoms with Crippen LogP contribution in [0.4, 0.5) is 0 Å². The maximum absolute atomic E-state index is 11.8. The molecule has 1 fully saturated rings. The monoisotopic (exact) mass is 255 g/mol. The van der Waals surface area contributed by atoms with Crippen LogP contribution in [-0.4, -0.2) is 26.3 Å². The fraction of sp³-hybridized carbons (Fsp3) is 0.500. The van der Waals surface area contributed by atoms with Crippen molar-refractivity contribution in [3.8, 4) is 5.75 Å². The summed E-state index contributed by atoms with van der Waals surface area (Å²) >= 11 is 0. The second-order valence-corrected chi connectivity index (χ2v) is 6.74.